The molecule has 5 rings (SSSR count). The van der Waals surface area contributed by atoms with Crippen molar-refractivity contribution in [2.45, 2.75) is 25.5 Å². The third kappa shape index (κ3) is 4.12. The molecule has 0 radical (unpaired) electrons. The summed E-state index contributed by atoms with van der Waals surface area (Å²) in [5, 5.41) is 0. The van der Waals surface area contributed by atoms with Gasteiger partial charge in [0.05, 0.1) is 43.7 Å². The van der Waals surface area contributed by atoms with Crippen LogP contribution in [0.1, 0.15) is 39.1 Å². The van der Waals surface area contributed by atoms with Crippen molar-refractivity contribution in [1.29, 1.82) is 0 Å². The van der Waals surface area contributed by atoms with Crippen LogP contribution in [0.3, 0.4) is 0 Å². The lowest BCUT2D eigenvalue weighted by molar-refractivity contribution is 0.0475. The number of para-hydroxylation sites is 1. The number of methoxy groups -OCH3 is 2. The van der Waals surface area contributed by atoms with Crippen molar-refractivity contribution >= 4 is 17.5 Å². The zero-order valence-corrected chi connectivity index (χ0v) is 19.8. The Morgan fingerprint density at radius 3 is 2.47 bits per heavy atom. The Labute approximate surface area is 200 Å². The maximum absolute atomic E-state index is 13.3. The second-order valence-corrected chi connectivity index (χ2v) is 8.97. The molecule has 1 atom stereocenters. The Morgan fingerprint density at radius 2 is 1.76 bits per heavy atom. The molecule has 3 aliphatic heterocycles. The summed E-state index contributed by atoms with van der Waals surface area (Å²) < 4.78 is 16.7. The van der Waals surface area contributed by atoms with E-state index in [1.807, 2.05) is 24.3 Å². The molecule has 0 N–H and O–H groups in total. The van der Waals surface area contributed by atoms with Crippen molar-refractivity contribution < 1.29 is 23.8 Å². The first-order valence-electron chi connectivity index (χ1n) is 11.9. The number of fused-ring (bicyclic) bond motifs is 1. The molecule has 2 fully saturated rings. The summed E-state index contributed by atoms with van der Waals surface area (Å²) in [6.07, 6.45) is 1.81. The van der Waals surface area contributed by atoms with Crippen molar-refractivity contribution in [3.05, 3.63) is 53.1 Å². The van der Waals surface area contributed by atoms with E-state index in [4.69, 9.17) is 14.2 Å². The number of nitrogens with zero attached hydrogens (tertiary/aromatic N) is 3. The highest BCUT2D eigenvalue weighted by atomic mass is 16.5. The molecule has 180 valence electrons. The van der Waals surface area contributed by atoms with Crippen LogP contribution >= 0.6 is 0 Å². The van der Waals surface area contributed by atoms with Crippen LogP contribution in [0.2, 0.25) is 0 Å². The number of anilines is 1. The minimum atomic E-state index is -0.207. The minimum Gasteiger partial charge on any atom is -0.493 e. The summed E-state index contributed by atoms with van der Waals surface area (Å²) >= 11 is 0. The molecule has 0 bridgehead atoms. The van der Waals surface area contributed by atoms with Gasteiger partial charge in [0, 0.05) is 44.9 Å². The summed E-state index contributed by atoms with van der Waals surface area (Å²) in [6.45, 7) is 5.02. The molecule has 3 aliphatic rings. The van der Waals surface area contributed by atoms with Crippen LogP contribution in [0, 0.1) is 0 Å². The number of carbonyl (C=O) groups is 2. The average molecular weight is 466 g/mol. The number of rotatable bonds is 7. The Hall–Kier alpha value is -3.10. The Balaban J connectivity index is 1.28. The maximum Gasteiger partial charge on any atom is 0.263 e. The summed E-state index contributed by atoms with van der Waals surface area (Å²) in [6, 6.07) is 11.5. The van der Waals surface area contributed by atoms with E-state index in [1.165, 1.54) is 4.90 Å². The van der Waals surface area contributed by atoms with E-state index in [9.17, 15) is 9.59 Å². The van der Waals surface area contributed by atoms with Gasteiger partial charge in [0.15, 0.2) is 11.5 Å². The Morgan fingerprint density at radius 1 is 0.971 bits per heavy atom. The number of ether oxygens (including phenoxy) is 3. The molecule has 0 spiro atoms. The zero-order chi connectivity index (χ0) is 23.7. The van der Waals surface area contributed by atoms with E-state index >= 15 is 0 Å². The van der Waals surface area contributed by atoms with Gasteiger partial charge in [0.25, 0.3) is 11.8 Å². The highest BCUT2D eigenvalue weighted by molar-refractivity contribution is 6.23. The van der Waals surface area contributed by atoms with Gasteiger partial charge < -0.3 is 19.1 Å². The van der Waals surface area contributed by atoms with E-state index < -0.39 is 0 Å². The van der Waals surface area contributed by atoms with Crippen LogP contribution in [0.4, 0.5) is 5.69 Å². The predicted molar refractivity (Wildman–Crippen MR) is 128 cm³/mol. The fourth-order valence-corrected chi connectivity index (χ4v) is 5.20. The highest BCUT2D eigenvalue weighted by Gasteiger charge is 2.40. The maximum atomic E-state index is 13.3. The quantitative estimate of drug-likeness (QED) is 0.583. The van der Waals surface area contributed by atoms with Gasteiger partial charge in [-0.15, -0.1) is 0 Å². The first-order chi connectivity index (χ1) is 16.6. The van der Waals surface area contributed by atoms with Gasteiger partial charge in [-0.3, -0.25) is 19.4 Å². The van der Waals surface area contributed by atoms with E-state index in [0.717, 1.165) is 68.3 Å². The van der Waals surface area contributed by atoms with Gasteiger partial charge in [0.1, 0.15) is 0 Å². The second-order valence-electron chi connectivity index (χ2n) is 8.97. The molecule has 0 unspecified atom stereocenters. The second kappa shape index (κ2) is 9.64. The highest BCUT2D eigenvalue weighted by Crippen LogP contribution is 2.34. The topological polar surface area (TPSA) is 71.5 Å². The standard InChI is InChI=1S/C26H31N3O5/c1-32-22-10-3-6-18(24(22)33-2)16-27-11-13-28(14-12-27)21-9-4-8-20-23(21)26(31)29(25(20)30)17-19-7-5-15-34-19/h3-4,6,8-10,19H,5,7,11-17H2,1-2H3/t19-/m1/s1. The Kier molecular flexibility index (Phi) is 6.43. The Bertz CT molecular complexity index is 1070. The van der Waals surface area contributed by atoms with E-state index in [-0.39, 0.29) is 17.9 Å². The number of amides is 2. The fourth-order valence-electron chi connectivity index (χ4n) is 5.20. The molecule has 34 heavy (non-hydrogen) atoms. The van der Waals surface area contributed by atoms with Gasteiger partial charge in [-0.05, 0) is 31.0 Å². The average Bonchev–Trinajstić information content (AvgIpc) is 3.47. The molecule has 2 aromatic rings. The van der Waals surface area contributed by atoms with Crippen LogP contribution in [0.5, 0.6) is 11.5 Å². The monoisotopic (exact) mass is 465 g/mol. The number of imide groups is 1. The van der Waals surface area contributed by atoms with Gasteiger partial charge in [-0.2, -0.15) is 0 Å². The number of hydrogen-bond acceptors (Lipinski definition) is 7. The van der Waals surface area contributed by atoms with E-state index in [2.05, 4.69) is 15.9 Å². The molecular formula is C26H31N3O5. The van der Waals surface area contributed by atoms with Crippen LogP contribution in [-0.2, 0) is 11.3 Å². The number of piperazine rings is 1. The van der Waals surface area contributed by atoms with Gasteiger partial charge in [-0.25, -0.2) is 0 Å². The fraction of sp³-hybridized carbons (Fsp3) is 0.462. The summed E-state index contributed by atoms with van der Waals surface area (Å²) in [4.78, 5) is 32.2. The molecule has 2 amide bonds. The first-order valence-corrected chi connectivity index (χ1v) is 11.9. The minimum absolute atomic E-state index is 0.0530. The molecule has 2 saturated heterocycles. The lowest BCUT2D eigenvalue weighted by atomic mass is 10.1. The lowest BCUT2D eigenvalue weighted by Gasteiger charge is -2.37. The van der Waals surface area contributed by atoms with Crippen molar-refractivity contribution in [3.63, 3.8) is 0 Å². The zero-order valence-electron chi connectivity index (χ0n) is 19.8. The third-order valence-electron chi connectivity index (χ3n) is 6.98. The van der Waals surface area contributed by atoms with Crippen LogP contribution in [0.25, 0.3) is 0 Å². The number of benzene rings is 2. The van der Waals surface area contributed by atoms with Gasteiger partial charge >= 0.3 is 0 Å². The van der Waals surface area contributed by atoms with Crippen LogP contribution < -0.4 is 14.4 Å². The first kappa shape index (κ1) is 22.7. The molecule has 2 aromatic carbocycles. The summed E-state index contributed by atoms with van der Waals surface area (Å²) in [5.74, 6) is 1.09. The summed E-state index contributed by atoms with van der Waals surface area (Å²) in [5.41, 5.74) is 2.98. The van der Waals surface area contributed by atoms with Crippen LogP contribution in [0.15, 0.2) is 36.4 Å². The van der Waals surface area contributed by atoms with Gasteiger partial charge in [0.2, 0.25) is 0 Å². The van der Waals surface area contributed by atoms with Crippen molar-refractivity contribution in [2.75, 3.05) is 58.5 Å². The smallest absolute Gasteiger partial charge is 0.263 e. The predicted octanol–water partition coefficient (Wildman–Crippen LogP) is 2.80. The molecule has 8 heteroatoms. The van der Waals surface area contributed by atoms with Crippen molar-refractivity contribution in [1.82, 2.24) is 9.80 Å². The van der Waals surface area contributed by atoms with Crippen molar-refractivity contribution in [2.24, 2.45) is 0 Å². The van der Waals surface area contributed by atoms with E-state index in [1.54, 1.807) is 20.3 Å². The molecule has 0 aromatic heterocycles. The third-order valence-corrected chi connectivity index (χ3v) is 6.98. The molecule has 0 saturated carbocycles. The molecule has 0 aliphatic carbocycles. The van der Waals surface area contributed by atoms with E-state index in [0.29, 0.717) is 24.3 Å². The van der Waals surface area contributed by atoms with Crippen molar-refractivity contribution in [3.8, 4) is 11.5 Å². The lowest BCUT2D eigenvalue weighted by Crippen LogP contribution is -2.46. The summed E-state index contributed by atoms with van der Waals surface area (Å²) in [7, 11) is 3.31. The molecule has 3 heterocycles. The number of carbonyl (C=O) groups excluding carboxylic acids is 2. The SMILES string of the molecule is COc1cccc(CN2CCN(c3cccc4c3C(=O)N(C[C@H]3CCCO3)C4=O)CC2)c1OC. The van der Waals surface area contributed by atoms with Crippen LogP contribution in [-0.4, -0.2) is 81.3 Å². The number of hydrogen-bond donors (Lipinski definition) is 0. The molecular weight excluding hydrogens is 434 g/mol. The van der Waals surface area contributed by atoms with Gasteiger partial charge in [-0.1, -0.05) is 18.2 Å². The normalized spacial score (nSPS) is 20.7. The molecule has 8 nitrogen and oxygen atoms in total. The largest absolute Gasteiger partial charge is 0.493 e.